The summed E-state index contributed by atoms with van der Waals surface area (Å²) in [6, 6.07) is 22.3. The Morgan fingerprint density at radius 2 is 1.45 bits per heavy atom. The van der Waals surface area contributed by atoms with Crippen LogP contribution in [0.15, 0.2) is 89.6 Å². The predicted octanol–water partition coefficient (Wildman–Crippen LogP) is 4.98. The third-order valence-electron chi connectivity index (χ3n) is 5.72. The van der Waals surface area contributed by atoms with Crippen molar-refractivity contribution in [2.75, 3.05) is 17.2 Å². The molecule has 2 N–H and O–H groups in total. The third kappa shape index (κ3) is 6.27. The van der Waals surface area contributed by atoms with Crippen LogP contribution in [0.5, 0.6) is 0 Å². The summed E-state index contributed by atoms with van der Waals surface area (Å²) >= 11 is 6.19. The standard InChI is InChI=1S/C29H26ClN3O5/c1-18(2)38-29(37)21-10-14-23(15-11-21)32-26(34)20-8-12-22(13-9-20)31-25-24(30)27(35)33(28(25)36)17-16-19-6-4-3-5-7-19/h3-15,18,31H,16-17H2,1-2H3,(H,32,34). The van der Waals surface area contributed by atoms with E-state index in [4.69, 9.17) is 16.3 Å². The molecule has 1 heterocycles. The van der Waals surface area contributed by atoms with Gasteiger partial charge in [0.25, 0.3) is 17.7 Å². The Kier molecular flexibility index (Phi) is 8.23. The number of amides is 3. The molecular weight excluding hydrogens is 506 g/mol. The highest BCUT2D eigenvalue weighted by Gasteiger charge is 2.37. The molecule has 0 bridgehead atoms. The van der Waals surface area contributed by atoms with Crippen molar-refractivity contribution < 1.29 is 23.9 Å². The molecule has 38 heavy (non-hydrogen) atoms. The molecule has 0 atom stereocenters. The van der Waals surface area contributed by atoms with Gasteiger partial charge in [0.15, 0.2) is 0 Å². The summed E-state index contributed by atoms with van der Waals surface area (Å²) in [6.45, 7) is 3.75. The molecule has 194 valence electrons. The van der Waals surface area contributed by atoms with Crippen molar-refractivity contribution in [1.29, 1.82) is 0 Å². The second-order valence-electron chi connectivity index (χ2n) is 8.87. The number of carbonyl (C=O) groups excluding carboxylic acids is 4. The number of hydrogen-bond donors (Lipinski definition) is 2. The lowest BCUT2D eigenvalue weighted by Crippen LogP contribution is -2.34. The maximum Gasteiger partial charge on any atom is 0.338 e. The van der Waals surface area contributed by atoms with Gasteiger partial charge in [0, 0.05) is 23.5 Å². The molecule has 3 aromatic carbocycles. The molecule has 0 fully saturated rings. The Balaban J connectivity index is 1.35. The summed E-state index contributed by atoms with van der Waals surface area (Å²) in [6.07, 6.45) is 0.294. The Morgan fingerprint density at radius 3 is 2.08 bits per heavy atom. The van der Waals surface area contributed by atoms with Crippen molar-refractivity contribution >= 4 is 46.7 Å². The van der Waals surface area contributed by atoms with Gasteiger partial charge in [-0.1, -0.05) is 41.9 Å². The maximum absolute atomic E-state index is 12.9. The van der Waals surface area contributed by atoms with Crippen molar-refractivity contribution in [3.63, 3.8) is 0 Å². The van der Waals surface area contributed by atoms with E-state index in [0.29, 0.717) is 28.9 Å². The van der Waals surface area contributed by atoms with Crippen LogP contribution in [0.3, 0.4) is 0 Å². The normalized spacial score (nSPS) is 13.2. The number of benzene rings is 3. The van der Waals surface area contributed by atoms with E-state index in [1.54, 1.807) is 62.4 Å². The van der Waals surface area contributed by atoms with Crippen LogP contribution in [0.2, 0.25) is 0 Å². The van der Waals surface area contributed by atoms with Gasteiger partial charge in [-0.15, -0.1) is 0 Å². The predicted molar refractivity (Wildman–Crippen MR) is 145 cm³/mol. The van der Waals surface area contributed by atoms with E-state index in [9.17, 15) is 19.2 Å². The van der Waals surface area contributed by atoms with Gasteiger partial charge in [0.1, 0.15) is 10.7 Å². The fourth-order valence-corrected chi connectivity index (χ4v) is 4.00. The molecule has 0 spiro atoms. The van der Waals surface area contributed by atoms with Gasteiger partial charge in [-0.3, -0.25) is 19.3 Å². The summed E-state index contributed by atoms with van der Waals surface area (Å²) in [7, 11) is 0. The van der Waals surface area contributed by atoms with Gasteiger partial charge in [-0.25, -0.2) is 4.79 Å². The summed E-state index contributed by atoms with van der Waals surface area (Å²) in [4.78, 5) is 51.1. The summed E-state index contributed by atoms with van der Waals surface area (Å²) in [5, 5.41) is 5.49. The molecule has 0 saturated heterocycles. The number of hydrogen-bond acceptors (Lipinski definition) is 6. The Bertz CT molecular complexity index is 1380. The molecule has 1 aliphatic rings. The fraction of sp³-hybridized carbons (Fsp3) is 0.172. The van der Waals surface area contributed by atoms with Crippen molar-refractivity contribution in [1.82, 2.24) is 4.90 Å². The minimum atomic E-state index is -0.547. The molecule has 9 heteroatoms. The van der Waals surface area contributed by atoms with E-state index in [2.05, 4.69) is 10.6 Å². The number of ether oxygens (including phenoxy) is 1. The Morgan fingerprint density at radius 1 is 0.842 bits per heavy atom. The molecule has 3 aromatic rings. The number of nitrogens with one attached hydrogen (secondary N) is 2. The van der Waals surface area contributed by atoms with Crippen molar-refractivity contribution in [3.8, 4) is 0 Å². The van der Waals surface area contributed by atoms with Crippen LogP contribution in [0, 0.1) is 0 Å². The van der Waals surface area contributed by atoms with E-state index in [1.807, 2.05) is 30.3 Å². The van der Waals surface area contributed by atoms with E-state index >= 15 is 0 Å². The Hall–Kier alpha value is -4.43. The number of esters is 1. The van der Waals surface area contributed by atoms with Crippen LogP contribution in [-0.2, 0) is 20.7 Å². The van der Waals surface area contributed by atoms with E-state index < -0.39 is 17.8 Å². The van der Waals surface area contributed by atoms with E-state index in [1.165, 1.54) is 0 Å². The Labute approximate surface area is 225 Å². The molecule has 0 saturated carbocycles. The zero-order chi connectivity index (χ0) is 27.2. The number of anilines is 2. The van der Waals surface area contributed by atoms with Gasteiger partial charge in [-0.2, -0.15) is 0 Å². The molecule has 0 unspecified atom stereocenters. The van der Waals surface area contributed by atoms with E-state index in [-0.39, 0.29) is 29.3 Å². The highest BCUT2D eigenvalue weighted by atomic mass is 35.5. The molecule has 1 aliphatic heterocycles. The highest BCUT2D eigenvalue weighted by Crippen LogP contribution is 2.26. The number of carbonyl (C=O) groups is 4. The maximum atomic E-state index is 12.9. The lowest BCUT2D eigenvalue weighted by molar-refractivity contribution is -0.137. The number of imide groups is 1. The zero-order valence-corrected chi connectivity index (χ0v) is 21.6. The fourth-order valence-electron chi connectivity index (χ4n) is 3.77. The first-order valence-corrected chi connectivity index (χ1v) is 12.4. The van der Waals surface area contributed by atoms with Crippen molar-refractivity contribution in [2.24, 2.45) is 0 Å². The van der Waals surface area contributed by atoms with Gasteiger partial charge < -0.3 is 15.4 Å². The third-order valence-corrected chi connectivity index (χ3v) is 6.07. The first-order chi connectivity index (χ1) is 18.2. The lowest BCUT2D eigenvalue weighted by atomic mass is 10.1. The van der Waals surface area contributed by atoms with Crippen LogP contribution >= 0.6 is 11.6 Å². The zero-order valence-electron chi connectivity index (χ0n) is 20.9. The van der Waals surface area contributed by atoms with E-state index in [0.717, 1.165) is 10.5 Å². The summed E-state index contributed by atoms with van der Waals surface area (Å²) in [5.41, 5.74) is 2.77. The molecular formula is C29H26ClN3O5. The van der Waals surface area contributed by atoms with Crippen LogP contribution in [0.1, 0.15) is 40.1 Å². The number of rotatable bonds is 9. The molecule has 8 nitrogen and oxygen atoms in total. The molecule has 3 amide bonds. The minimum absolute atomic E-state index is 0.00184. The first kappa shape index (κ1) is 26.6. The van der Waals surface area contributed by atoms with Gasteiger partial charge in [0.05, 0.1) is 11.7 Å². The first-order valence-electron chi connectivity index (χ1n) is 12.0. The summed E-state index contributed by atoms with van der Waals surface area (Å²) in [5.74, 6) is -1.84. The largest absolute Gasteiger partial charge is 0.459 e. The average Bonchev–Trinajstić information content (AvgIpc) is 3.11. The minimum Gasteiger partial charge on any atom is -0.459 e. The van der Waals surface area contributed by atoms with Crippen molar-refractivity contribution in [2.45, 2.75) is 26.4 Å². The monoisotopic (exact) mass is 531 g/mol. The molecule has 0 aliphatic carbocycles. The molecule has 0 radical (unpaired) electrons. The number of nitrogens with zero attached hydrogens (tertiary/aromatic N) is 1. The van der Waals surface area contributed by atoms with Gasteiger partial charge >= 0.3 is 5.97 Å². The second kappa shape index (κ2) is 11.7. The smallest absolute Gasteiger partial charge is 0.338 e. The number of halogens is 1. The topological polar surface area (TPSA) is 105 Å². The second-order valence-corrected chi connectivity index (χ2v) is 9.25. The highest BCUT2D eigenvalue weighted by molar-refractivity contribution is 6.48. The lowest BCUT2D eigenvalue weighted by Gasteiger charge is -2.15. The van der Waals surface area contributed by atoms with Crippen molar-refractivity contribution in [3.05, 3.63) is 106 Å². The van der Waals surface area contributed by atoms with Crippen LogP contribution in [-0.4, -0.2) is 41.2 Å². The van der Waals surface area contributed by atoms with Crippen LogP contribution < -0.4 is 10.6 Å². The van der Waals surface area contributed by atoms with Crippen LogP contribution in [0.4, 0.5) is 11.4 Å². The summed E-state index contributed by atoms with van der Waals surface area (Å²) < 4.78 is 5.15. The van der Waals surface area contributed by atoms with Gasteiger partial charge in [-0.05, 0) is 74.4 Å². The SMILES string of the molecule is CC(C)OC(=O)c1ccc(NC(=O)c2ccc(NC3=C(Cl)C(=O)N(CCc4ccccc4)C3=O)cc2)cc1. The quantitative estimate of drug-likeness (QED) is 0.298. The molecule has 0 aromatic heterocycles. The molecule has 4 rings (SSSR count). The van der Waals surface area contributed by atoms with Gasteiger partial charge in [0.2, 0.25) is 0 Å². The average molecular weight is 532 g/mol. The van der Waals surface area contributed by atoms with Crippen LogP contribution in [0.25, 0.3) is 0 Å².